The molecular formula is C24H28FN3O3S. The summed E-state index contributed by atoms with van der Waals surface area (Å²) in [4.78, 5) is 30.1. The van der Waals surface area contributed by atoms with Crippen molar-refractivity contribution in [1.29, 1.82) is 0 Å². The summed E-state index contributed by atoms with van der Waals surface area (Å²) in [6.45, 7) is 0. The Labute approximate surface area is 191 Å². The normalized spacial score (nSPS) is 20.8. The van der Waals surface area contributed by atoms with Gasteiger partial charge in [-0.1, -0.05) is 12.5 Å². The number of carbonyl (C=O) groups is 2. The van der Waals surface area contributed by atoms with Gasteiger partial charge in [-0.2, -0.15) is 0 Å². The molecule has 0 spiro atoms. The molecule has 8 heteroatoms. The van der Waals surface area contributed by atoms with Crippen molar-refractivity contribution in [2.75, 3.05) is 6.26 Å². The molecule has 0 aliphatic heterocycles. The lowest BCUT2D eigenvalue weighted by Crippen LogP contribution is -2.46. The third kappa shape index (κ3) is 5.59. The number of nitrogens with one attached hydrogen (secondary N) is 2. The van der Waals surface area contributed by atoms with E-state index in [4.69, 9.17) is 4.74 Å². The molecule has 4 rings (SSSR count). The van der Waals surface area contributed by atoms with E-state index in [0.717, 1.165) is 62.1 Å². The van der Waals surface area contributed by atoms with Gasteiger partial charge in [0.1, 0.15) is 17.1 Å². The highest BCUT2D eigenvalue weighted by Crippen LogP contribution is 2.29. The fraction of sp³-hybridized carbons (Fsp3) is 0.458. The number of hydrogen-bond donors (Lipinski definition) is 2. The first-order chi connectivity index (χ1) is 15.5. The van der Waals surface area contributed by atoms with Gasteiger partial charge < -0.3 is 15.4 Å². The van der Waals surface area contributed by atoms with Crippen LogP contribution >= 0.6 is 11.8 Å². The average Bonchev–Trinajstić information content (AvgIpc) is 2.75. The minimum absolute atomic E-state index is 0.0321. The van der Waals surface area contributed by atoms with Gasteiger partial charge >= 0.3 is 0 Å². The number of aromatic nitrogens is 1. The molecule has 2 N–H and O–H groups in total. The maximum absolute atomic E-state index is 13.9. The summed E-state index contributed by atoms with van der Waals surface area (Å²) in [7, 11) is 0. The number of rotatable bonds is 7. The van der Waals surface area contributed by atoms with Gasteiger partial charge in [0.05, 0.1) is 6.20 Å². The van der Waals surface area contributed by atoms with Crippen LogP contribution in [0.25, 0.3) is 0 Å². The number of thioether (sulfide) groups is 1. The van der Waals surface area contributed by atoms with Crippen LogP contribution < -0.4 is 15.4 Å². The van der Waals surface area contributed by atoms with Crippen LogP contribution in [-0.2, 0) is 4.79 Å². The third-order valence-electron chi connectivity index (χ3n) is 6.20. The molecule has 1 aromatic heterocycles. The SMILES string of the molecule is CSc1cccc(Oc2ncc(F)cc2C(=O)NC2CCC(NC(=O)C3CCC3)CC2)c1. The zero-order valence-electron chi connectivity index (χ0n) is 18.1. The highest BCUT2D eigenvalue weighted by atomic mass is 32.2. The lowest BCUT2D eigenvalue weighted by atomic mass is 9.84. The van der Waals surface area contributed by atoms with Crippen molar-refractivity contribution < 1.29 is 18.7 Å². The minimum Gasteiger partial charge on any atom is -0.438 e. The van der Waals surface area contributed by atoms with E-state index in [1.165, 1.54) is 0 Å². The van der Waals surface area contributed by atoms with E-state index >= 15 is 0 Å². The maximum Gasteiger partial charge on any atom is 0.257 e. The van der Waals surface area contributed by atoms with Crippen molar-refractivity contribution in [3.05, 3.63) is 47.9 Å². The molecule has 2 aliphatic carbocycles. The van der Waals surface area contributed by atoms with E-state index in [9.17, 15) is 14.0 Å². The topological polar surface area (TPSA) is 80.3 Å². The van der Waals surface area contributed by atoms with E-state index < -0.39 is 11.7 Å². The van der Waals surface area contributed by atoms with Crippen LogP contribution in [0.5, 0.6) is 11.6 Å². The molecule has 0 atom stereocenters. The summed E-state index contributed by atoms with van der Waals surface area (Å²) >= 11 is 1.57. The van der Waals surface area contributed by atoms with Gasteiger partial charge in [-0.15, -0.1) is 11.8 Å². The molecule has 170 valence electrons. The van der Waals surface area contributed by atoms with Crippen LogP contribution in [0.2, 0.25) is 0 Å². The smallest absolute Gasteiger partial charge is 0.257 e. The number of benzene rings is 1. The van der Waals surface area contributed by atoms with Gasteiger partial charge in [0, 0.05) is 22.9 Å². The Morgan fingerprint density at radius 3 is 2.44 bits per heavy atom. The Morgan fingerprint density at radius 2 is 1.78 bits per heavy atom. The molecule has 0 saturated heterocycles. The van der Waals surface area contributed by atoms with Crippen molar-refractivity contribution in [1.82, 2.24) is 15.6 Å². The van der Waals surface area contributed by atoms with Gasteiger partial charge in [0.25, 0.3) is 5.91 Å². The lowest BCUT2D eigenvalue weighted by molar-refractivity contribution is -0.128. The molecule has 1 aromatic carbocycles. The van der Waals surface area contributed by atoms with Crippen LogP contribution in [0.15, 0.2) is 41.4 Å². The van der Waals surface area contributed by atoms with Crippen LogP contribution in [0.3, 0.4) is 0 Å². The quantitative estimate of drug-likeness (QED) is 0.590. The molecule has 2 aliphatic rings. The Morgan fingerprint density at radius 1 is 1.06 bits per heavy atom. The molecule has 0 radical (unpaired) electrons. The monoisotopic (exact) mass is 457 g/mol. The number of hydrogen-bond acceptors (Lipinski definition) is 5. The zero-order valence-corrected chi connectivity index (χ0v) is 18.9. The van der Waals surface area contributed by atoms with E-state index in [1.54, 1.807) is 17.8 Å². The average molecular weight is 458 g/mol. The van der Waals surface area contributed by atoms with Crippen LogP contribution in [0.4, 0.5) is 4.39 Å². The fourth-order valence-corrected chi connectivity index (χ4v) is 4.53. The number of nitrogens with zero attached hydrogens (tertiary/aromatic N) is 1. The number of pyridine rings is 1. The summed E-state index contributed by atoms with van der Waals surface area (Å²) in [5.74, 6) is -0.0427. The number of carbonyl (C=O) groups excluding carboxylic acids is 2. The summed E-state index contributed by atoms with van der Waals surface area (Å²) in [5, 5.41) is 6.13. The third-order valence-corrected chi connectivity index (χ3v) is 6.93. The van der Waals surface area contributed by atoms with Crippen LogP contribution in [0, 0.1) is 11.7 Å². The van der Waals surface area contributed by atoms with Crippen molar-refractivity contribution in [3.63, 3.8) is 0 Å². The lowest BCUT2D eigenvalue weighted by Gasteiger charge is -2.32. The molecule has 1 heterocycles. The highest BCUT2D eigenvalue weighted by molar-refractivity contribution is 7.98. The largest absolute Gasteiger partial charge is 0.438 e. The second-order valence-electron chi connectivity index (χ2n) is 8.45. The molecule has 32 heavy (non-hydrogen) atoms. The highest BCUT2D eigenvalue weighted by Gasteiger charge is 2.29. The molecule has 2 aromatic rings. The second-order valence-corrected chi connectivity index (χ2v) is 9.33. The predicted molar refractivity (Wildman–Crippen MR) is 121 cm³/mol. The molecule has 2 amide bonds. The van der Waals surface area contributed by atoms with Crippen molar-refractivity contribution in [2.24, 2.45) is 5.92 Å². The molecular weight excluding hydrogens is 429 g/mol. The fourth-order valence-electron chi connectivity index (χ4n) is 4.08. The minimum atomic E-state index is -0.595. The summed E-state index contributed by atoms with van der Waals surface area (Å²) < 4.78 is 19.7. The summed E-state index contributed by atoms with van der Waals surface area (Å²) in [5.41, 5.74) is 0.0694. The van der Waals surface area contributed by atoms with E-state index in [0.29, 0.717) is 5.75 Å². The summed E-state index contributed by atoms with van der Waals surface area (Å²) in [6, 6.07) is 8.70. The van der Waals surface area contributed by atoms with Gasteiger partial charge in [-0.3, -0.25) is 9.59 Å². The van der Waals surface area contributed by atoms with Gasteiger partial charge in [0.15, 0.2) is 0 Å². The number of halogens is 1. The number of ether oxygens (including phenoxy) is 1. The second kappa shape index (κ2) is 10.3. The molecule has 6 nitrogen and oxygen atoms in total. The summed E-state index contributed by atoms with van der Waals surface area (Å²) in [6.07, 6.45) is 9.27. The zero-order chi connectivity index (χ0) is 22.5. The maximum atomic E-state index is 13.9. The Balaban J connectivity index is 1.36. The standard InChI is InChI=1S/C24H28FN3O3S/c1-32-20-7-3-6-19(13-20)31-24-21(12-16(25)14-26-24)23(30)28-18-10-8-17(9-11-18)27-22(29)15-4-2-5-15/h3,6-7,12-15,17-18H,2,4-5,8-11H2,1H3,(H,27,29)(H,28,30). The van der Waals surface area contributed by atoms with Crippen molar-refractivity contribution in [2.45, 2.75) is 61.9 Å². The molecule has 2 saturated carbocycles. The Hall–Kier alpha value is -2.61. The first-order valence-corrected chi connectivity index (χ1v) is 12.3. The first kappa shape index (κ1) is 22.6. The van der Waals surface area contributed by atoms with Crippen LogP contribution in [0.1, 0.15) is 55.3 Å². The van der Waals surface area contributed by atoms with Gasteiger partial charge in [-0.25, -0.2) is 9.37 Å². The van der Waals surface area contributed by atoms with Crippen molar-refractivity contribution in [3.8, 4) is 11.6 Å². The van der Waals surface area contributed by atoms with E-state index in [-0.39, 0.29) is 35.4 Å². The van der Waals surface area contributed by atoms with E-state index in [1.807, 2.05) is 24.5 Å². The van der Waals surface area contributed by atoms with Gasteiger partial charge in [-0.05, 0) is 69.0 Å². The van der Waals surface area contributed by atoms with Crippen molar-refractivity contribution >= 4 is 23.6 Å². The first-order valence-electron chi connectivity index (χ1n) is 11.1. The van der Waals surface area contributed by atoms with Crippen LogP contribution in [-0.4, -0.2) is 35.1 Å². The number of amides is 2. The predicted octanol–water partition coefficient (Wildman–Crippen LogP) is 4.69. The molecule has 0 bridgehead atoms. The molecule has 0 unspecified atom stereocenters. The Bertz CT molecular complexity index is 975. The van der Waals surface area contributed by atoms with E-state index in [2.05, 4.69) is 15.6 Å². The van der Waals surface area contributed by atoms with Gasteiger partial charge in [0.2, 0.25) is 11.8 Å². The Kier molecular flexibility index (Phi) is 7.29. The molecule has 2 fully saturated rings.